The van der Waals surface area contributed by atoms with Gasteiger partial charge in [0.2, 0.25) is 0 Å². The number of hydrogen-bond acceptors (Lipinski definition) is 2. The van der Waals surface area contributed by atoms with Crippen LogP contribution in [0.2, 0.25) is 0 Å². The summed E-state index contributed by atoms with van der Waals surface area (Å²) >= 11 is 3.16. The lowest BCUT2D eigenvalue weighted by Crippen LogP contribution is -2.11. The highest BCUT2D eigenvalue weighted by Crippen LogP contribution is 2.15. The smallest absolute Gasteiger partial charge is 0.317 e. The van der Waals surface area contributed by atoms with E-state index in [1.165, 1.54) is 57.8 Å². The molecule has 0 bridgehead atoms. The highest BCUT2D eigenvalue weighted by molar-refractivity contribution is 9.10. The third-order valence-electron chi connectivity index (χ3n) is 3.80. The van der Waals surface area contributed by atoms with Gasteiger partial charge in [0.1, 0.15) is 4.83 Å². The molecule has 0 aromatic carbocycles. The van der Waals surface area contributed by atoms with E-state index >= 15 is 0 Å². The van der Waals surface area contributed by atoms with Crippen LogP contribution in [0.25, 0.3) is 10.4 Å². The van der Waals surface area contributed by atoms with Crippen molar-refractivity contribution in [2.45, 2.75) is 88.3 Å². The lowest BCUT2D eigenvalue weighted by molar-refractivity contribution is -0.136. The van der Waals surface area contributed by atoms with E-state index in [4.69, 9.17) is 10.6 Å². The monoisotopic (exact) mass is 375 g/mol. The van der Waals surface area contributed by atoms with Gasteiger partial charge in [0, 0.05) is 11.5 Å². The van der Waals surface area contributed by atoms with Crippen LogP contribution in [0.4, 0.5) is 0 Å². The fraction of sp³-hybridized carbons (Fsp3) is 0.938. The Morgan fingerprint density at radius 1 is 0.909 bits per heavy atom. The Balaban J connectivity index is 3.08. The highest BCUT2D eigenvalue weighted by atomic mass is 79.9. The van der Waals surface area contributed by atoms with Gasteiger partial charge >= 0.3 is 5.97 Å². The number of carbonyl (C=O) groups is 1. The normalized spacial score (nSPS) is 11.9. The molecule has 0 spiro atoms. The van der Waals surface area contributed by atoms with Crippen molar-refractivity contribution in [1.82, 2.24) is 0 Å². The summed E-state index contributed by atoms with van der Waals surface area (Å²) in [5.74, 6) is -0.752. The average Bonchev–Trinajstić information content (AvgIpc) is 2.50. The first-order valence-electron chi connectivity index (χ1n) is 8.56. The second-order valence-corrected chi connectivity index (χ2v) is 6.90. The van der Waals surface area contributed by atoms with Crippen LogP contribution in [-0.2, 0) is 4.79 Å². The number of hydrogen-bond donors (Lipinski definition) is 1. The zero-order valence-electron chi connectivity index (χ0n) is 13.6. The molecule has 0 fully saturated rings. The topological polar surface area (TPSA) is 86.1 Å². The SMILES string of the molecule is [N-]=[N+]=NCCCCCCCCCCCCCCC(Br)C(=O)O. The molecule has 0 aromatic rings. The zero-order valence-corrected chi connectivity index (χ0v) is 15.1. The Hall–Kier alpha value is -0.740. The largest absolute Gasteiger partial charge is 0.480 e. The minimum Gasteiger partial charge on any atom is -0.480 e. The molecule has 0 aromatic heterocycles. The Bertz CT molecular complexity index is 321. The van der Waals surface area contributed by atoms with Gasteiger partial charge in [-0.3, -0.25) is 4.79 Å². The summed E-state index contributed by atoms with van der Waals surface area (Å²) in [5, 5.41) is 12.3. The molecule has 0 heterocycles. The van der Waals surface area contributed by atoms with Crippen molar-refractivity contribution >= 4 is 21.9 Å². The minimum absolute atomic E-state index is 0.376. The van der Waals surface area contributed by atoms with E-state index in [9.17, 15) is 4.79 Å². The number of nitrogens with zero attached hydrogens (tertiary/aromatic N) is 3. The fourth-order valence-corrected chi connectivity index (χ4v) is 2.77. The van der Waals surface area contributed by atoms with Crippen molar-refractivity contribution in [3.8, 4) is 0 Å². The number of carboxylic acid groups (broad SMARTS) is 1. The van der Waals surface area contributed by atoms with Gasteiger partial charge in [-0.25, -0.2) is 0 Å². The predicted octanol–water partition coefficient (Wildman–Crippen LogP) is 6.22. The van der Waals surface area contributed by atoms with Gasteiger partial charge in [0.15, 0.2) is 0 Å². The standard InChI is InChI=1S/C16H30BrN3O2/c17-15(16(21)22)13-11-9-7-5-3-1-2-4-6-8-10-12-14-19-20-18/h15H,1-14H2,(H,21,22). The summed E-state index contributed by atoms with van der Waals surface area (Å²) < 4.78 is 0. The predicted molar refractivity (Wildman–Crippen MR) is 94.4 cm³/mol. The molecule has 0 aliphatic heterocycles. The molecule has 0 radical (unpaired) electrons. The zero-order chi connectivity index (χ0) is 16.5. The molecule has 1 atom stereocenters. The third-order valence-corrected chi connectivity index (χ3v) is 4.65. The molecule has 0 amide bonds. The Morgan fingerprint density at radius 3 is 1.73 bits per heavy atom. The Labute approximate surface area is 142 Å². The van der Waals surface area contributed by atoms with Crippen LogP contribution in [0.3, 0.4) is 0 Å². The molecule has 22 heavy (non-hydrogen) atoms. The van der Waals surface area contributed by atoms with E-state index in [2.05, 4.69) is 26.0 Å². The third kappa shape index (κ3) is 15.6. The highest BCUT2D eigenvalue weighted by Gasteiger charge is 2.11. The number of unbranched alkanes of at least 4 members (excludes halogenated alkanes) is 11. The van der Waals surface area contributed by atoms with E-state index in [0.717, 1.165) is 25.7 Å². The quantitative estimate of drug-likeness (QED) is 0.114. The molecular formula is C16H30BrN3O2. The maximum absolute atomic E-state index is 10.6. The summed E-state index contributed by atoms with van der Waals surface area (Å²) in [5.41, 5.74) is 8.14. The van der Waals surface area contributed by atoms with Crippen molar-refractivity contribution in [2.24, 2.45) is 5.11 Å². The molecule has 128 valence electrons. The van der Waals surface area contributed by atoms with E-state index in [1.807, 2.05) is 0 Å². The Kier molecular flexibility index (Phi) is 16.1. The van der Waals surface area contributed by atoms with Crippen LogP contribution in [0.15, 0.2) is 5.11 Å². The van der Waals surface area contributed by atoms with Crippen LogP contribution in [0.5, 0.6) is 0 Å². The summed E-state index contributed by atoms with van der Waals surface area (Å²) in [6, 6.07) is 0. The maximum Gasteiger partial charge on any atom is 0.317 e. The minimum atomic E-state index is -0.752. The average molecular weight is 376 g/mol. The molecule has 5 nitrogen and oxygen atoms in total. The lowest BCUT2D eigenvalue weighted by atomic mass is 10.0. The van der Waals surface area contributed by atoms with Crippen LogP contribution < -0.4 is 0 Å². The number of aliphatic carboxylic acids is 1. The number of rotatable bonds is 16. The first kappa shape index (κ1) is 21.3. The first-order chi connectivity index (χ1) is 10.7. The van der Waals surface area contributed by atoms with Gasteiger partial charge in [-0.1, -0.05) is 91.7 Å². The number of carboxylic acids is 1. The molecular weight excluding hydrogens is 346 g/mol. The van der Waals surface area contributed by atoms with Crippen LogP contribution >= 0.6 is 15.9 Å². The van der Waals surface area contributed by atoms with Gasteiger partial charge in [-0.15, -0.1) is 0 Å². The maximum atomic E-state index is 10.6. The van der Waals surface area contributed by atoms with Gasteiger partial charge in [0.25, 0.3) is 0 Å². The van der Waals surface area contributed by atoms with Gasteiger partial charge < -0.3 is 5.11 Å². The van der Waals surface area contributed by atoms with Crippen molar-refractivity contribution in [3.05, 3.63) is 10.4 Å². The van der Waals surface area contributed by atoms with E-state index < -0.39 is 5.97 Å². The Morgan fingerprint density at radius 2 is 1.32 bits per heavy atom. The second-order valence-electron chi connectivity index (χ2n) is 5.79. The molecule has 0 saturated heterocycles. The van der Waals surface area contributed by atoms with Gasteiger partial charge in [0.05, 0.1) is 0 Å². The van der Waals surface area contributed by atoms with Crippen LogP contribution in [0, 0.1) is 0 Å². The van der Waals surface area contributed by atoms with Crippen molar-refractivity contribution in [2.75, 3.05) is 6.54 Å². The van der Waals surface area contributed by atoms with Gasteiger partial charge in [-0.05, 0) is 18.4 Å². The summed E-state index contributed by atoms with van der Waals surface area (Å²) in [6.45, 7) is 0.638. The lowest BCUT2D eigenvalue weighted by Gasteiger charge is -2.04. The van der Waals surface area contributed by atoms with Gasteiger partial charge in [-0.2, -0.15) is 0 Å². The molecule has 0 aliphatic rings. The van der Waals surface area contributed by atoms with E-state index in [1.54, 1.807) is 0 Å². The summed E-state index contributed by atoms with van der Waals surface area (Å²) in [7, 11) is 0. The number of azide groups is 1. The van der Waals surface area contributed by atoms with E-state index in [0.29, 0.717) is 6.54 Å². The first-order valence-corrected chi connectivity index (χ1v) is 9.47. The van der Waals surface area contributed by atoms with Crippen molar-refractivity contribution in [1.29, 1.82) is 0 Å². The fourth-order valence-electron chi connectivity index (χ4n) is 2.44. The molecule has 6 heteroatoms. The molecule has 0 aliphatic carbocycles. The number of alkyl halides is 1. The van der Waals surface area contributed by atoms with Crippen LogP contribution in [-0.4, -0.2) is 22.4 Å². The van der Waals surface area contributed by atoms with E-state index in [-0.39, 0.29) is 4.83 Å². The summed E-state index contributed by atoms with van der Waals surface area (Å²) in [6.07, 6.45) is 15.3. The molecule has 1 unspecified atom stereocenters. The molecule has 1 N–H and O–H groups in total. The number of halogens is 1. The van der Waals surface area contributed by atoms with Crippen molar-refractivity contribution < 1.29 is 9.90 Å². The molecule has 0 rings (SSSR count). The molecule has 0 saturated carbocycles. The van der Waals surface area contributed by atoms with Crippen LogP contribution in [0.1, 0.15) is 83.5 Å². The van der Waals surface area contributed by atoms with Crippen molar-refractivity contribution in [3.63, 3.8) is 0 Å². The summed E-state index contributed by atoms with van der Waals surface area (Å²) in [4.78, 5) is 13.0. The second kappa shape index (κ2) is 16.6.